The Hall–Kier alpha value is -5.31. The van der Waals surface area contributed by atoms with Gasteiger partial charge in [0.2, 0.25) is 11.8 Å². The van der Waals surface area contributed by atoms with E-state index in [4.69, 9.17) is 5.10 Å². The zero-order valence-corrected chi connectivity index (χ0v) is 19.7. The standard InChI is InChI=1S/C28H23N7O2/c36-26(30-17-27(37)32-23-12-14-25(15-13-23)35-20-29-19-31-35)16-11-22-18-34(24-9-5-2-6-10-24)33-28(22)21-7-3-1-4-8-21/h1-16,18-20H,17H2,(H,30,36)(H,32,37)/b16-11+. The predicted molar refractivity (Wildman–Crippen MR) is 141 cm³/mol. The molecule has 0 aliphatic rings. The first-order valence-electron chi connectivity index (χ1n) is 11.6. The van der Waals surface area contributed by atoms with Gasteiger partial charge in [-0.2, -0.15) is 10.2 Å². The van der Waals surface area contributed by atoms with Crippen molar-refractivity contribution in [3.8, 4) is 22.6 Å². The molecule has 0 bridgehead atoms. The molecule has 9 heteroatoms. The van der Waals surface area contributed by atoms with Crippen LogP contribution >= 0.6 is 0 Å². The van der Waals surface area contributed by atoms with Crippen molar-refractivity contribution >= 4 is 23.6 Å². The number of para-hydroxylation sites is 1. The third-order valence-corrected chi connectivity index (χ3v) is 5.48. The summed E-state index contributed by atoms with van der Waals surface area (Å²) >= 11 is 0. The SMILES string of the molecule is O=C(/C=C/c1cn(-c2ccccc2)nc1-c1ccccc1)NCC(=O)Nc1ccc(-n2cncn2)cc1. The van der Waals surface area contributed by atoms with E-state index in [1.165, 1.54) is 12.4 Å². The summed E-state index contributed by atoms with van der Waals surface area (Å²) < 4.78 is 3.40. The fraction of sp³-hybridized carbons (Fsp3) is 0.0357. The van der Waals surface area contributed by atoms with Gasteiger partial charge in [-0.3, -0.25) is 9.59 Å². The maximum atomic E-state index is 12.5. The summed E-state index contributed by atoms with van der Waals surface area (Å²) in [7, 11) is 0. The van der Waals surface area contributed by atoms with Crippen LogP contribution in [0.25, 0.3) is 28.7 Å². The van der Waals surface area contributed by atoms with Gasteiger partial charge in [-0.25, -0.2) is 14.3 Å². The minimum absolute atomic E-state index is 0.164. The number of aromatic nitrogens is 5. The zero-order valence-electron chi connectivity index (χ0n) is 19.7. The molecule has 37 heavy (non-hydrogen) atoms. The molecule has 0 fully saturated rings. The lowest BCUT2D eigenvalue weighted by atomic mass is 10.1. The molecule has 2 N–H and O–H groups in total. The molecule has 0 aliphatic heterocycles. The van der Waals surface area contributed by atoms with E-state index in [2.05, 4.69) is 20.7 Å². The largest absolute Gasteiger partial charge is 0.343 e. The fourth-order valence-electron chi connectivity index (χ4n) is 3.68. The van der Waals surface area contributed by atoms with Gasteiger partial charge in [0.15, 0.2) is 0 Å². The highest BCUT2D eigenvalue weighted by atomic mass is 16.2. The van der Waals surface area contributed by atoms with Crippen molar-refractivity contribution in [2.45, 2.75) is 0 Å². The topological polar surface area (TPSA) is 107 Å². The smallest absolute Gasteiger partial charge is 0.244 e. The maximum Gasteiger partial charge on any atom is 0.244 e. The van der Waals surface area contributed by atoms with Gasteiger partial charge >= 0.3 is 0 Å². The molecule has 3 aromatic carbocycles. The number of carbonyl (C=O) groups excluding carboxylic acids is 2. The molecule has 182 valence electrons. The molecular weight excluding hydrogens is 466 g/mol. The Labute approximate surface area is 213 Å². The van der Waals surface area contributed by atoms with Crippen molar-refractivity contribution < 1.29 is 9.59 Å². The maximum absolute atomic E-state index is 12.5. The summed E-state index contributed by atoms with van der Waals surface area (Å²) in [5.74, 6) is -0.722. The van der Waals surface area contributed by atoms with Crippen LogP contribution in [0, 0.1) is 0 Å². The van der Waals surface area contributed by atoms with Gasteiger partial charge in [0.1, 0.15) is 12.7 Å². The van der Waals surface area contributed by atoms with Crippen molar-refractivity contribution in [3.05, 3.63) is 115 Å². The highest BCUT2D eigenvalue weighted by Crippen LogP contribution is 2.24. The first-order chi connectivity index (χ1) is 18.2. The number of benzene rings is 3. The quantitative estimate of drug-likeness (QED) is 0.322. The van der Waals surface area contributed by atoms with Crippen LogP contribution in [-0.4, -0.2) is 42.9 Å². The molecule has 9 nitrogen and oxygen atoms in total. The van der Waals surface area contributed by atoms with Crippen LogP contribution in [0.15, 0.2) is 110 Å². The van der Waals surface area contributed by atoms with E-state index in [0.29, 0.717) is 5.69 Å². The number of anilines is 1. The molecule has 0 unspecified atom stereocenters. The number of nitrogens with zero attached hydrogens (tertiary/aromatic N) is 5. The van der Waals surface area contributed by atoms with Gasteiger partial charge in [-0.1, -0.05) is 48.5 Å². The van der Waals surface area contributed by atoms with Gasteiger partial charge in [0, 0.05) is 29.1 Å². The van der Waals surface area contributed by atoms with Crippen LogP contribution < -0.4 is 10.6 Å². The van der Waals surface area contributed by atoms with E-state index in [1.54, 1.807) is 33.9 Å². The second-order valence-electron chi connectivity index (χ2n) is 8.07. The van der Waals surface area contributed by atoms with E-state index in [9.17, 15) is 9.59 Å². The molecule has 0 spiro atoms. The van der Waals surface area contributed by atoms with Crippen LogP contribution in [0.3, 0.4) is 0 Å². The molecule has 0 saturated heterocycles. The first-order valence-corrected chi connectivity index (χ1v) is 11.6. The summed E-state index contributed by atoms with van der Waals surface area (Å²) in [6.07, 6.45) is 8.01. The normalized spacial score (nSPS) is 10.9. The Morgan fingerprint density at radius 1 is 0.838 bits per heavy atom. The van der Waals surface area contributed by atoms with Crippen molar-refractivity contribution in [1.29, 1.82) is 0 Å². The Balaban J connectivity index is 1.22. The van der Waals surface area contributed by atoms with Crippen LogP contribution in [0.4, 0.5) is 5.69 Å². The van der Waals surface area contributed by atoms with Crippen LogP contribution in [0.2, 0.25) is 0 Å². The second-order valence-corrected chi connectivity index (χ2v) is 8.07. The number of carbonyl (C=O) groups is 2. The molecule has 2 aromatic heterocycles. The van der Waals surface area contributed by atoms with Crippen molar-refractivity contribution in [1.82, 2.24) is 29.9 Å². The second kappa shape index (κ2) is 11.0. The summed E-state index contributed by atoms with van der Waals surface area (Å²) in [6.45, 7) is -0.164. The summed E-state index contributed by atoms with van der Waals surface area (Å²) in [5.41, 5.74) is 4.81. The average molecular weight is 490 g/mol. The minimum atomic E-state index is -0.386. The van der Waals surface area contributed by atoms with E-state index in [0.717, 1.165) is 28.2 Å². The number of hydrogen-bond donors (Lipinski definition) is 2. The molecule has 2 heterocycles. The molecule has 5 rings (SSSR count). The lowest BCUT2D eigenvalue weighted by molar-refractivity contribution is -0.121. The van der Waals surface area contributed by atoms with E-state index >= 15 is 0 Å². The van der Waals surface area contributed by atoms with Crippen LogP contribution in [-0.2, 0) is 9.59 Å². The third-order valence-electron chi connectivity index (χ3n) is 5.48. The fourth-order valence-corrected chi connectivity index (χ4v) is 3.68. The first kappa shape index (κ1) is 23.4. The Morgan fingerprint density at radius 2 is 1.54 bits per heavy atom. The molecule has 0 saturated carbocycles. The molecule has 0 atom stereocenters. The summed E-state index contributed by atoms with van der Waals surface area (Å²) in [5, 5.41) is 14.2. The monoisotopic (exact) mass is 489 g/mol. The number of rotatable bonds is 8. The van der Waals surface area contributed by atoms with Crippen LogP contribution in [0.1, 0.15) is 5.56 Å². The molecule has 0 aliphatic carbocycles. The summed E-state index contributed by atoms with van der Waals surface area (Å²) in [4.78, 5) is 28.7. The highest BCUT2D eigenvalue weighted by molar-refractivity contribution is 5.98. The van der Waals surface area contributed by atoms with Gasteiger partial charge in [0.25, 0.3) is 0 Å². The van der Waals surface area contributed by atoms with Gasteiger partial charge < -0.3 is 10.6 Å². The van der Waals surface area contributed by atoms with Crippen molar-refractivity contribution in [2.75, 3.05) is 11.9 Å². The third kappa shape index (κ3) is 5.85. The Morgan fingerprint density at radius 3 is 2.24 bits per heavy atom. The van der Waals surface area contributed by atoms with Crippen molar-refractivity contribution in [3.63, 3.8) is 0 Å². The number of amides is 2. The lowest BCUT2D eigenvalue weighted by Crippen LogP contribution is -2.31. The Bertz CT molecular complexity index is 1510. The van der Waals surface area contributed by atoms with E-state index in [-0.39, 0.29) is 18.4 Å². The average Bonchev–Trinajstić information content (AvgIpc) is 3.63. The van der Waals surface area contributed by atoms with E-state index in [1.807, 2.05) is 79.0 Å². The minimum Gasteiger partial charge on any atom is -0.343 e. The van der Waals surface area contributed by atoms with Crippen molar-refractivity contribution in [2.24, 2.45) is 0 Å². The van der Waals surface area contributed by atoms with Gasteiger partial charge in [-0.05, 0) is 42.5 Å². The molecule has 2 amide bonds. The Kier molecular flexibility index (Phi) is 6.94. The highest BCUT2D eigenvalue weighted by Gasteiger charge is 2.11. The zero-order chi connectivity index (χ0) is 25.5. The molecule has 0 radical (unpaired) electrons. The summed E-state index contributed by atoms with van der Waals surface area (Å²) in [6, 6.07) is 26.7. The number of nitrogens with one attached hydrogen (secondary N) is 2. The molecular formula is C28H23N7O2. The predicted octanol–water partition coefficient (Wildman–Crippen LogP) is 3.89. The lowest BCUT2D eigenvalue weighted by Gasteiger charge is -2.07. The number of hydrogen-bond acceptors (Lipinski definition) is 5. The molecule has 5 aromatic rings. The van der Waals surface area contributed by atoms with E-state index < -0.39 is 0 Å². The van der Waals surface area contributed by atoms with Crippen LogP contribution in [0.5, 0.6) is 0 Å². The van der Waals surface area contributed by atoms with Gasteiger partial charge in [0.05, 0.1) is 23.6 Å². The van der Waals surface area contributed by atoms with Gasteiger partial charge in [-0.15, -0.1) is 0 Å².